The van der Waals surface area contributed by atoms with E-state index in [9.17, 15) is 14.4 Å². The van der Waals surface area contributed by atoms with Gasteiger partial charge in [0.1, 0.15) is 17.1 Å². The van der Waals surface area contributed by atoms with E-state index in [1.165, 1.54) is 11.3 Å². The molecule has 47 heavy (non-hydrogen) atoms. The average Bonchev–Trinajstić information content (AvgIpc) is 3.63. The number of anilines is 2. The third kappa shape index (κ3) is 10.4. The Morgan fingerprint density at radius 3 is 2.40 bits per heavy atom. The van der Waals surface area contributed by atoms with E-state index in [1.807, 2.05) is 62.6 Å². The standard InChI is InChI=1S/C36H44N6O4S/c1-24(2)14-17-31-32(35(45)37-18-9-19-41(3)4)39-36(47-31)40-34(44)30-22-28(23-42(30)5)38-33(43)27-12-7-10-25(20-27)15-16-26-11-8-13-29(21-26)46-6/h7-8,10-13,15-16,20-24H,9,14,17-19H2,1-6H3,(H,37,45)(H,38,43)(H,39,40,44)/b16-15+. The summed E-state index contributed by atoms with van der Waals surface area (Å²) in [5.74, 6) is 0.312. The van der Waals surface area contributed by atoms with Crippen molar-refractivity contribution >= 4 is 52.0 Å². The predicted octanol–water partition coefficient (Wildman–Crippen LogP) is 6.44. The summed E-state index contributed by atoms with van der Waals surface area (Å²) in [7, 11) is 7.35. The molecule has 0 aliphatic heterocycles. The van der Waals surface area contributed by atoms with Gasteiger partial charge in [0.2, 0.25) is 0 Å². The van der Waals surface area contributed by atoms with Crippen molar-refractivity contribution < 1.29 is 19.1 Å². The molecule has 0 fully saturated rings. The summed E-state index contributed by atoms with van der Waals surface area (Å²) in [4.78, 5) is 46.9. The zero-order valence-electron chi connectivity index (χ0n) is 27.9. The molecule has 3 N–H and O–H groups in total. The number of thiazole rings is 1. The molecule has 11 heteroatoms. The molecule has 0 spiro atoms. The molecule has 3 amide bonds. The summed E-state index contributed by atoms with van der Waals surface area (Å²) in [6.45, 7) is 5.68. The first-order valence-electron chi connectivity index (χ1n) is 15.7. The Kier molecular flexibility index (Phi) is 12.5. The van der Waals surface area contributed by atoms with Crippen LogP contribution in [-0.2, 0) is 13.5 Å². The van der Waals surface area contributed by atoms with Crippen molar-refractivity contribution in [3.05, 3.63) is 93.7 Å². The number of aryl methyl sites for hydroxylation is 2. The van der Waals surface area contributed by atoms with Crippen LogP contribution in [0.25, 0.3) is 12.2 Å². The molecule has 4 aromatic rings. The lowest BCUT2D eigenvalue weighted by Crippen LogP contribution is -2.28. The van der Waals surface area contributed by atoms with E-state index in [4.69, 9.17) is 4.74 Å². The number of nitrogens with one attached hydrogen (secondary N) is 3. The van der Waals surface area contributed by atoms with E-state index in [2.05, 4.69) is 39.7 Å². The highest BCUT2D eigenvalue weighted by Gasteiger charge is 2.21. The Balaban J connectivity index is 1.42. The monoisotopic (exact) mass is 656 g/mol. The molecule has 0 unspecified atom stereocenters. The first kappa shape index (κ1) is 35.1. The van der Waals surface area contributed by atoms with Gasteiger partial charge in [-0.15, -0.1) is 11.3 Å². The van der Waals surface area contributed by atoms with Crippen LogP contribution in [0.15, 0.2) is 60.8 Å². The molecule has 10 nitrogen and oxygen atoms in total. The lowest BCUT2D eigenvalue weighted by molar-refractivity contribution is 0.0944. The van der Waals surface area contributed by atoms with Crippen LogP contribution >= 0.6 is 11.3 Å². The highest BCUT2D eigenvalue weighted by molar-refractivity contribution is 7.16. The zero-order valence-corrected chi connectivity index (χ0v) is 28.7. The van der Waals surface area contributed by atoms with Crippen LogP contribution in [0.1, 0.15) is 74.0 Å². The van der Waals surface area contributed by atoms with Crippen molar-refractivity contribution in [3.63, 3.8) is 0 Å². The molecule has 4 rings (SSSR count). The fourth-order valence-electron chi connectivity index (χ4n) is 4.80. The number of amides is 3. The molecule has 248 valence electrons. The van der Waals surface area contributed by atoms with Crippen LogP contribution in [0.2, 0.25) is 0 Å². The Labute approximate surface area is 280 Å². The summed E-state index contributed by atoms with van der Waals surface area (Å²) in [6, 6.07) is 16.6. The number of hydrogen-bond acceptors (Lipinski definition) is 7. The van der Waals surface area contributed by atoms with Crippen molar-refractivity contribution in [1.82, 2.24) is 19.8 Å². The number of ether oxygens (including phenoxy) is 1. The number of rotatable bonds is 15. The van der Waals surface area contributed by atoms with Crippen LogP contribution < -0.4 is 20.7 Å². The lowest BCUT2D eigenvalue weighted by atomic mass is 10.1. The summed E-state index contributed by atoms with van der Waals surface area (Å²) in [5.41, 5.74) is 3.51. The van der Waals surface area contributed by atoms with Crippen molar-refractivity contribution in [3.8, 4) is 5.75 Å². The maximum absolute atomic E-state index is 13.3. The molecule has 0 atom stereocenters. The number of carbonyl (C=O) groups is 3. The largest absolute Gasteiger partial charge is 0.497 e. The number of carbonyl (C=O) groups excluding carboxylic acids is 3. The molecule has 0 saturated heterocycles. The van der Waals surface area contributed by atoms with Crippen LogP contribution in [-0.4, -0.2) is 66.5 Å². The minimum Gasteiger partial charge on any atom is -0.497 e. The first-order chi connectivity index (χ1) is 22.5. The van der Waals surface area contributed by atoms with Crippen molar-refractivity contribution in [2.75, 3.05) is 44.9 Å². The van der Waals surface area contributed by atoms with E-state index in [0.29, 0.717) is 46.7 Å². The first-order valence-corrected chi connectivity index (χ1v) is 16.5. The Hall–Kier alpha value is -4.74. The van der Waals surface area contributed by atoms with Crippen LogP contribution in [0.3, 0.4) is 0 Å². The van der Waals surface area contributed by atoms with E-state index < -0.39 is 0 Å². The highest BCUT2D eigenvalue weighted by atomic mass is 32.1. The van der Waals surface area contributed by atoms with Gasteiger partial charge in [-0.05, 0) is 87.3 Å². The van der Waals surface area contributed by atoms with Crippen LogP contribution in [0, 0.1) is 5.92 Å². The maximum atomic E-state index is 13.3. The second-order valence-corrected chi connectivity index (χ2v) is 13.1. The molecule has 0 radical (unpaired) electrons. The minimum absolute atomic E-state index is 0.233. The van der Waals surface area contributed by atoms with E-state index >= 15 is 0 Å². The van der Waals surface area contributed by atoms with Gasteiger partial charge in [0.15, 0.2) is 5.13 Å². The molecule has 2 aromatic heterocycles. The SMILES string of the molecule is COc1cccc(/C=C/c2cccc(C(=O)Nc3cc(C(=O)Nc4nc(C(=O)NCCCN(C)C)c(CCC(C)C)s4)n(C)c3)c2)c1. The number of nitrogens with zero attached hydrogens (tertiary/aromatic N) is 3. The molecular formula is C36H44N6O4S. The predicted molar refractivity (Wildman–Crippen MR) is 190 cm³/mol. The quantitative estimate of drug-likeness (QED) is 0.100. The fraction of sp³-hybridized carbons (Fsp3) is 0.333. The van der Waals surface area contributed by atoms with Gasteiger partial charge in [0, 0.05) is 30.2 Å². The molecule has 2 heterocycles. The van der Waals surface area contributed by atoms with Crippen molar-refractivity contribution in [1.29, 1.82) is 0 Å². The number of methoxy groups -OCH3 is 1. The van der Waals surface area contributed by atoms with Gasteiger partial charge >= 0.3 is 0 Å². The topological polar surface area (TPSA) is 118 Å². The third-order valence-electron chi connectivity index (χ3n) is 7.36. The van der Waals surface area contributed by atoms with E-state index in [-0.39, 0.29) is 17.7 Å². The van der Waals surface area contributed by atoms with Crippen LogP contribution in [0.4, 0.5) is 10.8 Å². The van der Waals surface area contributed by atoms with Gasteiger partial charge in [0.25, 0.3) is 17.7 Å². The smallest absolute Gasteiger partial charge is 0.274 e. The third-order valence-corrected chi connectivity index (χ3v) is 8.39. The van der Waals surface area contributed by atoms with E-state index in [1.54, 1.807) is 43.1 Å². The molecule has 0 aliphatic rings. The summed E-state index contributed by atoms with van der Waals surface area (Å²) in [5, 5.41) is 9.07. The molecule has 0 saturated carbocycles. The van der Waals surface area contributed by atoms with Crippen LogP contribution in [0.5, 0.6) is 5.75 Å². The normalized spacial score (nSPS) is 11.3. The lowest BCUT2D eigenvalue weighted by Gasteiger charge is -2.10. The maximum Gasteiger partial charge on any atom is 0.274 e. The van der Waals surface area contributed by atoms with E-state index in [0.717, 1.165) is 41.1 Å². The second kappa shape index (κ2) is 16.7. The Morgan fingerprint density at radius 1 is 0.979 bits per heavy atom. The van der Waals surface area contributed by atoms with Gasteiger partial charge in [-0.3, -0.25) is 19.7 Å². The summed E-state index contributed by atoms with van der Waals surface area (Å²) < 4.78 is 6.93. The van der Waals surface area contributed by atoms with Crippen molar-refractivity contribution in [2.24, 2.45) is 13.0 Å². The minimum atomic E-state index is -0.389. The average molecular weight is 657 g/mol. The summed E-state index contributed by atoms with van der Waals surface area (Å²) >= 11 is 1.32. The Morgan fingerprint density at radius 2 is 1.70 bits per heavy atom. The molecule has 0 aliphatic carbocycles. The fourth-order valence-corrected chi connectivity index (χ4v) is 5.77. The zero-order chi connectivity index (χ0) is 33.9. The van der Waals surface area contributed by atoms with Crippen molar-refractivity contribution in [2.45, 2.75) is 33.1 Å². The van der Waals surface area contributed by atoms with Gasteiger partial charge in [-0.1, -0.05) is 50.3 Å². The van der Waals surface area contributed by atoms with Gasteiger partial charge in [-0.2, -0.15) is 0 Å². The summed E-state index contributed by atoms with van der Waals surface area (Å²) in [6.07, 6.45) is 8.00. The molecule has 0 bridgehead atoms. The number of hydrogen-bond donors (Lipinski definition) is 3. The number of aromatic nitrogens is 2. The Bertz CT molecular complexity index is 1720. The van der Waals surface area contributed by atoms with Gasteiger partial charge < -0.3 is 24.8 Å². The number of benzene rings is 2. The molecular weight excluding hydrogens is 613 g/mol. The molecule has 2 aromatic carbocycles. The van der Waals surface area contributed by atoms with Gasteiger partial charge in [0.05, 0.1) is 12.8 Å². The second-order valence-electron chi connectivity index (χ2n) is 12.0. The highest BCUT2D eigenvalue weighted by Crippen LogP contribution is 2.27. The van der Waals surface area contributed by atoms with Gasteiger partial charge in [-0.25, -0.2) is 4.98 Å².